The Morgan fingerprint density at radius 2 is 2.00 bits per heavy atom. The topological polar surface area (TPSA) is 84.7 Å². The number of pyridine rings is 1. The summed E-state index contributed by atoms with van der Waals surface area (Å²) in [4.78, 5) is 26.2. The third-order valence-electron chi connectivity index (χ3n) is 5.17. The van der Waals surface area contributed by atoms with Crippen LogP contribution in [0.25, 0.3) is 16.9 Å². The Balaban J connectivity index is 1.57. The first-order valence-electron chi connectivity index (χ1n) is 15.0. The van der Waals surface area contributed by atoms with Gasteiger partial charge in [-0.15, -0.1) is 0 Å². The zero-order valence-corrected chi connectivity index (χ0v) is 19.5. The zero-order chi connectivity index (χ0) is 31.9. The Hall–Kier alpha value is -4.78. The lowest BCUT2D eigenvalue weighted by Gasteiger charge is -2.13. The highest BCUT2D eigenvalue weighted by Gasteiger charge is 2.12. The molecular formula is C29H26N6O. The summed E-state index contributed by atoms with van der Waals surface area (Å²) in [6.45, 7) is 0.570. The minimum absolute atomic E-state index is 0.0851. The lowest BCUT2D eigenvalue weighted by atomic mass is 10.1. The molecule has 3 aromatic heterocycles. The first-order chi connectivity index (χ1) is 20.8. The van der Waals surface area contributed by atoms with Crippen molar-refractivity contribution < 1.29 is 15.8 Å². The van der Waals surface area contributed by atoms with Crippen molar-refractivity contribution in [1.82, 2.24) is 19.5 Å². The lowest BCUT2D eigenvalue weighted by Crippen LogP contribution is -2.13. The van der Waals surface area contributed by atoms with Gasteiger partial charge in [0.1, 0.15) is 0 Å². The van der Waals surface area contributed by atoms with Crippen molar-refractivity contribution in [1.29, 1.82) is 0 Å². The summed E-state index contributed by atoms with van der Waals surface area (Å²) in [5.74, 6) is -1.01. The van der Waals surface area contributed by atoms with E-state index in [4.69, 9.17) is 11.0 Å². The van der Waals surface area contributed by atoms with E-state index < -0.39 is 47.7 Å². The van der Waals surface area contributed by atoms with Crippen LogP contribution in [0.15, 0.2) is 91.5 Å². The van der Waals surface area contributed by atoms with Gasteiger partial charge in [0.25, 0.3) is 5.91 Å². The molecule has 0 unspecified atom stereocenters. The van der Waals surface area contributed by atoms with Gasteiger partial charge in [0, 0.05) is 63.2 Å². The Kier molecular flexibility index (Phi) is 4.17. The molecule has 0 saturated carbocycles. The molecule has 5 rings (SSSR count). The lowest BCUT2D eigenvalue weighted by molar-refractivity contribution is 0.102. The van der Waals surface area contributed by atoms with Crippen LogP contribution in [-0.4, -0.2) is 25.4 Å². The fourth-order valence-electron chi connectivity index (χ4n) is 3.52. The van der Waals surface area contributed by atoms with Crippen LogP contribution in [0.3, 0.4) is 0 Å². The van der Waals surface area contributed by atoms with Crippen molar-refractivity contribution in [3.8, 4) is 16.9 Å². The van der Waals surface area contributed by atoms with E-state index in [0.29, 0.717) is 28.1 Å². The van der Waals surface area contributed by atoms with E-state index in [1.54, 1.807) is 68.7 Å². The number of anilines is 3. The van der Waals surface area contributed by atoms with Gasteiger partial charge in [0.05, 0.1) is 12.5 Å². The fourth-order valence-corrected chi connectivity index (χ4v) is 3.52. The average Bonchev–Trinajstić information content (AvgIpc) is 3.21. The molecule has 178 valence electrons. The van der Waals surface area contributed by atoms with Crippen LogP contribution in [0, 0.1) is 20.7 Å². The Morgan fingerprint density at radius 3 is 2.78 bits per heavy atom. The van der Waals surface area contributed by atoms with Crippen LogP contribution in [0.5, 0.6) is 0 Å². The molecule has 3 heterocycles. The molecule has 1 amide bonds. The molecule has 5 aromatic rings. The molecule has 0 saturated heterocycles. The van der Waals surface area contributed by atoms with E-state index in [1.165, 1.54) is 10.8 Å². The van der Waals surface area contributed by atoms with Gasteiger partial charge in [-0.2, -0.15) is 0 Å². The van der Waals surface area contributed by atoms with Gasteiger partial charge >= 0.3 is 0 Å². The smallest absolute Gasteiger partial charge is 0.255 e. The highest BCUT2D eigenvalue weighted by Crippen LogP contribution is 2.24. The maximum absolute atomic E-state index is 13.6. The molecule has 2 aromatic carbocycles. The van der Waals surface area contributed by atoms with Crippen molar-refractivity contribution >= 4 is 23.2 Å². The van der Waals surface area contributed by atoms with Crippen molar-refractivity contribution in [3.05, 3.63) is 114 Å². The maximum atomic E-state index is 13.6. The van der Waals surface area contributed by atoms with Gasteiger partial charge in [0.2, 0.25) is 5.95 Å². The standard InChI is InChI=1S/C29H26N6O/c1-19-9-12-35(18-19)25-14-20(2)13-24(16-25)32-28(36)22-7-6-21(3)27(15-22)34-29-31-11-8-26(33-29)23-5-4-10-30-17-23/h4-18H,1-3H3,(H,32,36)(H,31,33,34)/i3D3,6D,7D,12D,15D,18D. The van der Waals surface area contributed by atoms with Gasteiger partial charge in [-0.05, 0) is 91.9 Å². The van der Waals surface area contributed by atoms with Gasteiger partial charge < -0.3 is 15.2 Å². The normalized spacial score (nSPS) is 14.3. The highest BCUT2D eigenvalue weighted by molar-refractivity contribution is 6.05. The minimum atomic E-state index is -2.91. The molecule has 0 spiro atoms. The van der Waals surface area contributed by atoms with Gasteiger partial charge in [0.15, 0.2) is 0 Å². The molecule has 0 aliphatic carbocycles. The molecule has 0 fully saturated rings. The van der Waals surface area contributed by atoms with E-state index in [1.807, 2.05) is 0 Å². The second-order valence-electron chi connectivity index (χ2n) is 8.05. The van der Waals surface area contributed by atoms with E-state index in [2.05, 4.69) is 25.6 Å². The quantitative estimate of drug-likeness (QED) is 0.299. The fraction of sp³-hybridized carbons (Fsp3) is 0.103. The van der Waals surface area contributed by atoms with E-state index in [-0.39, 0.29) is 24.0 Å². The molecule has 0 aliphatic rings. The Morgan fingerprint density at radius 1 is 1.08 bits per heavy atom. The Bertz CT molecular complexity index is 1910. The highest BCUT2D eigenvalue weighted by atomic mass is 16.1. The van der Waals surface area contributed by atoms with Crippen molar-refractivity contribution in [3.63, 3.8) is 0 Å². The van der Waals surface area contributed by atoms with E-state index >= 15 is 0 Å². The molecule has 0 bridgehead atoms. The van der Waals surface area contributed by atoms with Crippen LogP contribution < -0.4 is 10.6 Å². The molecular weight excluding hydrogens is 448 g/mol. The summed E-state index contributed by atoms with van der Waals surface area (Å²) in [6.07, 6.45) is 4.81. The zero-order valence-electron chi connectivity index (χ0n) is 27.5. The average molecular weight is 483 g/mol. The third-order valence-corrected chi connectivity index (χ3v) is 5.17. The molecule has 0 atom stereocenters. The molecule has 0 radical (unpaired) electrons. The number of hydrogen-bond donors (Lipinski definition) is 2. The van der Waals surface area contributed by atoms with E-state index in [0.717, 1.165) is 0 Å². The largest absolute Gasteiger partial charge is 0.324 e. The number of hydrogen-bond acceptors (Lipinski definition) is 5. The number of carbonyl (C=O) groups excluding carboxylic acids is 1. The van der Waals surface area contributed by atoms with Crippen molar-refractivity contribution in [2.75, 3.05) is 10.6 Å². The summed E-state index contributed by atoms with van der Waals surface area (Å²) in [5.41, 5.74) is 1.57. The van der Waals surface area contributed by atoms with Crippen LogP contribution >= 0.6 is 0 Å². The van der Waals surface area contributed by atoms with E-state index in [9.17, 15) is 4.79 Å². The van der Waals surface area contributed by atoms with Crippen LogP contribution in [0.2, 0.25) is 0 Å². The van der Waals surface area contributed by atoms with Crippen LogP contribution in [0.1, 0.15) is 38.0 Å². The van der Waals surface area contributed by atoms with Gasteiger partial charge in [-0.25, -0.2) is 9.97 Å². The number of benzene rings is 2. The number of amides is 1. The monoisotopic (exact) mass is 482 g/mol. The number of nitrogens with zero attached hydrogens (tertiary/aromatic N) is 4. The first-order valence-corrected chi connectivity index (χ1v) is 11.0. The van der Waals surface area contributed by atoms with Gasteiger partial charge in [-0.3, -0.25) is 9.78 Å². The number of nitrogens with one attached hydrogen (secondary N) is 2. The summed E-state index contributed by atoms with van der Waals surface area (Å²) < 4.78 is 68.0. The number of carbonyl (C=O) groups is 1. The molecule has 0 aliphatic heterocycles. The second-order valence-corrected chi connectivity index (χ2v) is 8.05. The summed E-state index contributed by atoms with van der Waals surface area (Å²) in [6, 6.07) is 9.48. The first kappa shape index (κ1) is 15.3. The number of rotatable bonds is 6. The molecule has 7 nitrogen and oxygen atoms in total. The summed E-state index contributed by atoms with van der Waals surface area (Å²) in [5, 5.41) is 5.36. The predicted molar refractivity (Wildman–Crippen MR) is 143 cm³/mol. The molecule has 36 heavy (non-hydrogen) atoms. The SMILES string of the molecule is [2H]c1c([2H])c(C([2H])([2H])[2H])c(Nc2nccc(-c3cccnc3)n2)c([2H])c1C(=O)Nc1cc(C)cc(-n2c([2H])cc(C)c2[2H])c1. The van der Waals surface area contributed by atoms with Crippen molar-refractivity contribution in [2.24, 2.45) is 0 Å². The third kappa shape index (κ3) is 5.15. The minimum Gasteiger partial charge on any atom is -0.324 e. The predicted octanol–water partition coefficient (Wildman–Crippen LogP) is 6.25. The molecule has 2 N–H and O–H groups in total. The number of aromatic nitrogens is 4. The number of aryl methyl sites for hydroxylation is 2. The van der Waals surface area contributed by atoms with Gasteiger partial charge in [-0.1, -0.05) is 6.04 Å². The van der Waals surface area contributed by atoms with Crippen molar-refractivity contribution in [2.45, 2.75) is 20.7 Å². The summed E-state index contributed by atoms with van der Waals surface area (Å²) in [7, 11) is 0. The second kappa shape index (κ2) is 9.84. The summed E-state index contributed by atoms with van der Waals surface area (Å²) >= 11 is 0. The van der Waals surface area contributed by atoms with Crippen LogP contribution in [0.4, 0.5) is 17.3 Å². The molecule has 7 heteroatoms. The Labute approximate surface area is 221 Å². The van der Waals surface area contributed by atoms with Crippen LogP contribution in [-0.2, 0) is 0 Å². The maximum Gasteiger partial charge on any atom is 0.255 e.